The molecule has 3 nitrogen and oxygen atoms in total. The van der Waals surface area contributed by atoms with Crippen LogP contribution in [-0.2, 0) is 9.53 Å². The predicted molar refractivity (Wildman–Crippen MR) is 88.5 cm³/mol. The highest BCUT2D eigenvalue weighted by molar-refractivity contribution is 5.89. The Morgan fingerprint density at radius 3 is 2.23 bits per heavy atom. The number of carbonyl (C=O) groups excluding carboxylic acids is 2. The summed E-state index contributed by atoms with van der Waals surface area (Å²) in [6.07, 6.45) is 2.79. The second-order valence-electron chi connectivity index (χ2n) is 6.34. The van der Waals surface area contributed by atoms with Gasteiger partial charge in [0.25, 0.3) is 0 Å². The molecule has 1 rings (SSSR count). The topological polar surface area (TPSA) is 43.4 Å². The number of Topliss-reactive ketones (excluding diaryl/α,β-unsaturated/α-hetero) is 1. The smallest absolute Gasteiger partial charge is 0.338 e. The first-order valence-electron chi connectivity index (χ1n) is 8.01. The van der Waals surface area contributed by atoms with Crippen LogP contribution in [0, 0.1) is 18.8 Å². The van der Waals surface area contributed by atoms with Crippen molar-refractivity contribution < 1.29 is 14.3 Å². The monoisotopic (exact) mass is 303 g/mol. The third kappa shape index (κ3) is 6.88. The maximum absolute atomic E-state index is 12.2. The highest BCUT2D eigenvalue weighted by Gasteiger charge is 2.22. The summed E-state index contributed by atoms with van der Waals surface area (Å²) in [4.78, 5) is 23.3. The Bertz CT molecular complexity index is 465. The number of hydrogen-bond donors (Lipinski definition) is 0. The van der Waals surface area contributed by atoms with Crippen LogP contribution in [0.2, 0.25) is 0 Å². The quantitative estimate of drug-likeness (QED) is 0.632. The minimum absolute atomic E-state index is 0.0659. The highest BCUT2D eigenvalue weighted by Crippen LogP contribution is 2.22. The van der Waals surface area contributed by atoms with Crippen LogP contribution in [0.5, 0.6) is 0 Å². The number of ether oxygens (including phenoxy) is 1. The van der Waals surface area contributed by atoms with Gasteiger partial charge in [0.05, 0.1) is 5.56 Å². The molecule has 0 aliphatic carbocycles. The third-order valence-electron chi connectivity index (χ3n) is 3.81. The molecule has 0 aromatic heterocycles. The van der Waals surface area contributed by atoms with Crippen molar-refractivity contribution in [2.45, 2.75) is 52.6 Å². The van der Waals surface area contributed by atoms with Gasteiger partial charge in [-0.3, -0.25) is 4.79 Å². The van der Waals surface area contributed by atoms with E-state index in [2.05, 4.69) is 20.8 Å². The molecule has 0 saturated carbocycles. The summed E-state index contributed by atoms with van der Waals surface area (Å²) in [5.41, 5.74) is 0.567. The van der Waals surface area contributed by atoms with Gasteiger partial charge < -0.3 is 4.74 Å². The van der Waals surface area contributed by atoms with E-state index in [-0.39, 0.29) is 23.8 Å². The molecule has 0 saturated heterocycles. The molecule has 0 spiro atoms. The van der Waals surface area contributed by atoms with Gasteiger partial charge >= 0.3 is 5.97 Å². The lowest BCUT2D eigenvalue weighted by molar-refractivity contribution is -0.115. The minimum atomic E-state index is -0.290. The molecule has 1 aromatic rings. The zero-order valence-corrected chi connectivity index (χ0v) is 13.9. The number of carbonyl (C=O) groups is 2. The van der Waals surface area contributed by atoms with Crippen LogP contribution in [0.4, 0.5) is 0 Å². The van der Waals surface area contributed by atoms with Gasteiger partial charge in [-0.15, -0.1) is 0 Å². The van der Waals surface area contributed by atoms with E-state index in [0.717, 1.165) is 12.8 Å². The van der Waals surface area contributed by atoms with E-state index in [1.807, 2.05) is 25.1 Å². The summed E-state index contributed by atoms with van der Waals surface area (Å²) in [6, 6.07) is 9.03. The summed E-state index contributed by atoms with van der Waals surface area (Å²) in [5, 5.41) is 0. The van der Waals surface area contributed by atoms with Gasteiger partial charge in [0, 0.05) is 13.3 Å². The molecule has 0 fully saturated rings. The van der Waals surface area contributed by atoms with Crippen LogP contribution < -0.4 is 0 Å². The normalized spacial score (nSPS) is 13.7. The van der Waals surface area contributed by atoms with Gasteiger partial charge in [-0.25, -0.2) is 4.79 Å². The van der Waals surface area contributed by atoms with E-state index in [4.69, 9.17) is 4.74 Å². The fraction of sp³-hybridized carbons (Fsp3) is 0.526. The maximum Gasteiger partial charge on any atom is 0.338 e. The van der Waals surface area contributed by atoms with Crippen molar-refractivity contribution in [3.8, 4) is 0 Å². The molecule has 0 heterocycles. The summed E-state index contributed by atoms with van der Waals surface area (Å²) in [5.74, 6) is 0.350. The zero-order valence-electron chi connectivity index (χ0n) is 13.9. The van der Waals surface area contributed by atoms with Crippen molar-refractivity contribution >= 4 is 11.8 Å². The van der Waals surface area contributed by atoms with Crippen LogP contribution in [0.25, 0.3) is 0 Å². The first-order chi connectivity index (χ1) is 10.4. The lowest BCUT2D eigenvalue weighted by atomic mass is 9.92. The second kappa shape index (κ2) is 9.39. The van der Waals surface area contributed by atoms with Crippen molar-refractivity contribution in [2.75, 3.05) is 0 Å². The Kier molecular flexibility index (Phi) is 7.86. The SMILES string of the molecule is [CH2]C(=O)CCC(C)C(CCC(C)C)OC(=O)c1ccccc1. The molecule has 0 aliphatic rings. The molecule has 1 aromatic carbocycles. The average Bonchev–Trinajstić information content (AvgIpc) is 2.49. The van der Waals surface area contributed by atoms with E-state index >= 15 is 0 Å². The standard InChI is InChI=1S/C19H27O3/c1-14(2)10-13-18(15(3)11-12-16(4)20)22-19(21)17-8-6-5-7-9-17/h5-9,14-15,18H,4,10-13H2,1-3H3. The largest absolute Gasteiger partial charge is 0.459 e. The minimum Gasteiger partial charge on any atom is -0.459 e. The lowest BCUT2D eigenvalue weighted by Gasteiger charge is -2.25. The molecule has 2 atom stereocenters. The number of benzene rings is 1. The number of rotatable bonds is 9. The second-order valence-corrected chi connectivity index (χ2v) is 6.34. The molecule has 0 amide bonds. The number of hydrogen-bond acceptors (Lipinski definition) is 3. The van der Waals surface area contributed by atoms with E-state index in [1.54, 1.807) is 12.1 Å². The van der Waals surface area contributed by atoms with Crippen molar-refractivity contribution in [3.05, 3.63) is 42.8 Å². The van der Waals surface area contributed by atoms with Gasteiger partial charge in [0.15, 0.2) is 0 Å². The van der Waals surface area contributed by atoms with Crippen LogP contribution in [0.15, 0.2) is 30.3 Å². The molecule has 1 radical (unpaired) electrons. The molecule has 22 heavy (non-hydrogen) atoms. The molecule has 0 bridgehead atoms. The van der Waals surface area contributed by atoms with E-state index < -0.39 is 0 Å². The Morgan fingerprint density at radius 1 is 1.05 bits per heavy atom. The summed E-state index contributed by atoms with van der Waals surface area (Å²) in [7, 11) is 0. The third-order valence-corrected chi connectivity index (χ3v) is 3.81. The Balaban J connectivity index is 2.68. The molecular formula is C19H27O3. The molecular weight excluding hydrogens is 276 g/mol. The molecule has 2 unspecified atom stereocenters. The fourth-order valence-electron chi connectivity index (χ4n) is 2.31. The fourth-order valence-corrected chi connectivity index (χ4v) is 2.31. The average molecular weight is 303 g/mol. The lowest BCUT2D eigenvalue weighted by Crippen LogP contribution is -2.26. The highest BCUT2D eigenvalue weighted by atomic mass is 16.5. The summed E-state index contributed by atoms with van der Waals surface area (Å²) >= 11 is 0. The van der Waals surface area contributed by atoms with Crippen molar-refractivity contribution in [1.82, 2.24) is 0 Å². The molecule has 0 N–H and O–H groups in total. The van der Waals surface area contributed by atoms with E-state index in [1.165, 1.54) is 0 Å². The van der Waals surface area contributed by atoms with Crippen molar-refractivity contribution in [1.29, 1.82) is 0 Å². The number of ketones is 1. The first kappa shape index (κ1) is 18.4. The van der Waals surface area contributed by atoms with Gasteiger partial charge in [0.1, 0.15) is 11.9 Å². The van der Waals surface area contributed by atoms with Crippen LogP contribution in [-0.4, -0.2) is 17.9 Å². The summed E-state index contributed by atoms with van der Waals surface area (Å²) < 4.78 is 5.71. The van der Waals surface area contributed by atoms with E-state index in [9.17, 15) is 9.59 Å². The van der Waals surface area contributed by atoms with Gasteiger partial charge in [0.2, 0.25) is 0 Å². The zero-order chi connectivity index (χ0) is 16.5. The Labute approximate surface area is 134 Å². The van der Waals surface area contributed by atoms with Crippen LogP contribution in [0.1, 0.15) is 56.8 Å². The van der Waals surface area contributed by atoms with E-state index in [0.29, 0.717) is 24.3 Å². The molecule has 121 valence electrons. The van der Waals surface area contributed by atoms with Crippen molar-refractivity contribution in [2.24, 2.45) is 11.8 Å². The van der Waals surface area contributed by atoms with Gasteiger partial charge in [-0.1, -0.05) is 39.0 Å². The Morgan fingerprint density at radius 2 is 1.68 bits per heavy atom. The van der Waals surface area contributed by atoms with Crippen LogP contribution >= 0.6 is 0 Å². The van der Waals surface area contributed by atoms with Crippen molar-refractivity contribution in [3.63, 3.8) is 0 Å². The van der Waals surface area contributed by atoms with Crippen LogP contribution in [0.3, 0.4) is 0 Å². The van der Waals surface area contributed by atoms with Gasteiger partial charge in [-0.2, -0.15) is 0 Å². The van der Waals surface area contributed by atoms with Gasteiger partial charge in [-0.05, 0) is 43.2 Å². The predicted octanol–water partition coefficient (Wildman–Crippen LogP) is 4.47. The molecule has 3 heteroatoms. The number of esters is 1. The maximum atomic E-state index is 12.2. The Hall–Kier alpha value is -1.64. The molecule has 0 aliphatic heterocycles. The first-order valence-corrected chi connectivity index (χ1v) is 8.01. The summed E-state index contributed by atoms with van der Waals surface area (Å²) in [6.45, 7) is 9.75.